The van der Waals surface area contributed by atoms with Crippen LogP contribution in [-0.2, 0) is 11.8 Å². The van der Waals surface area contributed by atoms with E-state index in [1.165, 1.54) is 0 Å². The topological polar surface area (TPSA) is 56.1 Å². The zero-order valence-electron chi connectivity index (χ0n) is 12.8. The molecule has 6 heteroatoms. The number of piperidine rings is 1. The van der Waals surface area contributed by atoms with E-state index >= 15 is 0 Å². The molecule has 2 aromatic rings. The van der Waals surface area contributed by atoms with Crippen LogP contribution in [0, 0.1) is 6.92 Å². The van der Waals surface area contributed by atoms with E-state index < -0.39 is 0 Å². The van der Waals surface area contributed by atoms with Gasteiger partial charge in [-0.25, -0.2) is 9.97 Å². The molecule has 0 amide bonds. The van der Waals surface area contributed by atoms with Crippen molar-refractivity contribution in [2.45, 2.75) is 25.9 Å². The van der Waals surface area contributed by atoms with Crippen molar-refractivity contribution in [3.63, 3.8) is 0 Å². The maximum absolute atomic E-state index is 5.47. The van der Waals surface area contributed by atoms with Crippen molar-refractivity contribution in [3.8, 4) is 11.3 Å². The summed E-state index contributed by atoms with van der Waals surface area (Å²) in [6.45, 7) is 3.86. The lowest BCUT2D eigenvalue weighted by Gasteiger charge is -2.32. The van der Waals surface area contributed by atoms with E-state index in [2.05, 4.69) is 15.0 Å². The highest BCUT2D eigenvalue weighted by molar-refractivity contribution is 5.62. The normalized spacial score (nSPS) is 19.0. The summed E-state index contributed by atoms with van der Waals surface area (Å²) in [6.07, 6.45) is 8.19. The Morgan fingerprint density at radius 3 is 2.90 bits per heavy atom. The Morgan fingerprint density at radius 2 is 2.19 bits per heavy atom. The maximum Gasteiger partial charge on any atom is 0.225 e. The molecule has 112 valence electrons. The zero-order valence-corrected chi connectivity index (χ0v) is 12.8. The fourth-order valence-corrected chi connectivity index (χ4v) is 2.73. The number of anilines is 1. The summed E-state index contributed by atoms with van der Waals surface area (Å²) in [5.74, 6) is 0.779. The molecular weight excluding hydrogens is 266 g/mol. The molecule has 0 aliphatic carbocycles. The van der Waals surface area contributed by atoms with Gasteiger partial charge in [-0.05, 0) is 25.3 Å². The number of nitrogens with zero attached hydrogens (tertiary/aromatic N) is 5. The molecule has 3 rings (SSSR count). The fourth-order valence-electron chi connectivity index (χ4n) is 2.73. The summed E-state index contributed by atoms with van der Waals surface area (Å²) in [6, 6.07) is 0. The first kappa shape index (κ1) is 14.0. The Bertz CT molecular complexity index is 624. The lowest BCUT2D eigenvalue weighted by atomic mass is 10.1. The second-order valence-corrected chi connectivity index (χ2v) is 5.55. The third-order valence-corrected chi connectivity index (χ3v) is 3.93. The van der Waals surface area contributed by atoms with Crippen LogP contribution in [0.1, 0.15) is 18.4 Å². The molecule has 0 spiro atoms. The predicted octanol–water partition coefficient (Wildman–Crippen LogP) is 1.80. The van der Waals surface area contributed by atoms with Crippen molar-refractivity contribution >= 4 is 5.95 Å². The van der Waals surface area contributed by atoms with Crippen LogP contribution < -0.4 is 4.90 Å². The first-order chi connectivity index (χ1) is 10.2. The summed E-state index contributed by atoms with van der Waals surface area (Å²) in [4.78, 5) is 11.5. The van der Waals surface area contributed by atoms with Gasteiger partial charge < -0.3 is 9.64 Å². The van der Waals surface area contributed by atoms with E-state index in [1.54, 1.807) is 11.8 Å². The molecular formula is C15H21N5O. The summed E-state index contributed by atoms with van der Waals surface area (Å²) in [7, 11) is 3.68. The molecule has 1 fully saturated rings. The average molecular weight is 287 g/mol. The van der Waals surface area contributed by atoms with Crippen LogP contribution in [0.4, 0.5) is 5.95 Å². The average Bonchev–Trinajstić information content (AvgIpc) is 2.94. The number of hydrogen-bond donors (Lipinski definition) is 0. The molecule has 6 nitrogen and oxygen atoms in total. The van der Waals surface area contributed by atoms with E-state index in [0.717, 1.165) is 48.7 Å². The SMILES string of the molecule is COC1CCCN(c2ncc(C)c(-c3cnn(C)c3)n2)C1. The van der Waals surface area contributed by atoms with Crippen molar-refractivity contribution in [1.82, 2.24) is 19.7 Å². The summed E-state index contributed by atoms with van der Waals surface area (Å²) in [5.41, 5.74) is 3.04. The van der Waals surface area contributed by atoms with Crippen LogP contribution in [0.25, 0.3) is 11.3 Å². The van der Waals surface area contributed by atoms with Gasteiger partial charge >= 0.3 is 0 Å². The Balaban J connectivity index is 1.90. The number of rotatable bonds is 3. The highest BCUT2D eigenvalue weighted by Gasteiger charge is 2.22. The van der Waals surface area contributed by atoms with Crippen molar-refractivity contribution in [3.05, 3.63) is 24.2 Å². The summed E-state index contributed by atoms with van der Waals surface area (Å²) in [5, 5.41) is 4.22. The van der Waals surface area contributed by atoms with Crippen molar-refractivity contribution in [2.24, 2.45) is 7.05 Å². The van der Waals surface area contributed by atoms with Gasteiger partial charge in [-0.1, -0.05) is 0 Å². The molecule has 0 radical (unpaired) electrons. The number of ether oxygens (including phenoxy) is 1. The molecule has 0 N–H and O–H groups in total. The zero-order chi connectivity index (χ0) is 14.8. The summed E-state index contributed by atoms with van der Waals surface area (Å²) >= 11 is 0. The number of aryl methyl sites for hydroxylation is 2. The molecule has 0 saturated carbocycles. The highest BCUT2D eigenvalue weighted by atomic mass is 16.5. The fraction of sp³-hybridized carbons (Fsp3) is 0.533. The lowest BCUT2D eigenvalue weighted by molar-refractivity contribution is 0.0889. The molecule has 1 saturated heterocycles. The lowest BCUT2D eigenvalue weighted by Crippen LogP contribution is -2.40. The number of hydrogen-bond acceptors (Lipinski definition) is 5. The Hall–Kier alpha value is -1.95. The van der Waals surface area contributed by atoms with Crippen molar-refractivity contribution in [2.75, 3.05) is 25.1 Å². The first-order valence-electron chi connectivity index (χ1n) is 7.28. The number of aromatic nitrogens is 4. The summed E-state index contributed by atoms with van der Waals surface area (Å²) < 4.78 is 7.26. The van der Waals surface area contributed by atoms with Crippen LogP contribution in [0.5, 0.6) is 0 Å². The van der Waals surface area contributed by atoms with Crippen LogP contribution in [-0.4, -0.2) is 46.1 Å². The highest BCUT2D eigenvalue weighted by Crippen LogP contribution is 2.24. The van der Waals surface area contributed by atoms with E-state index in [-0.39, 0.29) is 6.10 Å². The Kier molecular flexibility index (Phi) is 3.88. The smallest absolute Gasteiger partial charge is 0.225 e. The monoisotopic (exact) mass is 287 g/mol. The molecule has 0 aromatic carbocycles. The van der Waals surface area contributed by atoms with Crippen LogP contribution in [0.2, 0.25) is 0 Å². The van der Waals surface area contributed by atoms with Crippen LogP contribution in [0.15, 0.2) is 18.6 Å². The van der Waals surface area contributed by atoms with Gasteiger partial charge in [0.1, 0.15) is 0 Å². The van der Waals surface area contributed by atoms with Gasteiger partial charge in [0.15, 0.2) is 0 Å². The quantitative estimate of drug-likeness (QED) is 0.861. The molecule has 2 aromatic heterocycles. The van der Waals surface area contributed by atoms with Crippen molar-refractivity contribution < 1.29 is 4.74 Å². The van der Waals surface area contributed by atoms with Gasteiger partial charge in [0, 0.05) is 45.2 Å². The Morgan fingerprint density at radius 1 is 1.33 bits per heavy atom. The van der Waals surface area contributed by atoms with Gasteiger partial charge in [-0.15, -0.1) is 0 Å². The third-order valence-electron chi connectivity index (χ3n) is 3.93. The molecule has 21 heavy (non-hydrogen) atoms. The van der Waals surface area contributed by atoms with Crippen LogP contribution in [0.3, 0.4) is 0 Å². The van der Waals surface area contributed by atoms with E-state index in [4.69, 9.17) is 9.72 Å². The van der Waals surface area contributed by atoms with Gasteiger partial charge in [0.25, 0.3) is 0 Å². The third kappa shape index (κ3) is 2.90. The van der Waals surface area contributed by atoms with Gasteiger partial charge in [0.05, 0.1) is 18.0 Å². The van der Waals surface area contributed by atoms with E-state index in [0.29, 0.717) is 0 Å². The maximum atomic E-state index is 5.47. The minimum absolute atomic E-state index is 0.269. The Labute approximate surface area is 124 Å². The van der Waals surface area contributed by atoms with Crippen LogP contribution >= 0.6 is 0 Å². The molecule has 1 atom stereocenters. The molecule has 0 bridgehead atoms. The molecule has 3 heterocycles. The first-order valence-corrected chi connectivity index (χ1v) is 7.28. The van der Waals surface area contributed by atoms with Crippen molar-refractivity contribution in [1.29, 1.82) is 0 Å². The second kappa shape index (κ2) is 5.81. The largest absolute Gasteiger partial charge is 0.380 e. The minimum atomic E-state index is 0.269. The molecule has 1 aliphatic heterocycles. The number of methoxy groups -OCH3 is 1. The van der Waals surface area contributed by atoms with Gasteiger partial charge in [-0.3, -0.25) is 4.68 Å². The second-order valence-electron chi connectivity index (χ2n) is 5.55. The van der Waals surface area contributed by atoms with Gasteiger partial charge in [0.2, 0.25) is 5.95 Å². The molecule has 1 unspecified atom stereocenters. The minimum Gasteiger partial charge on any atom is -0.380 e. The molecule has 1 aliphatic rings. The van der Waals surface area contributed by atoms with E-state index in [1.807, 2.05) is 32.6 Å². The standard InChI is InChI=1S/C15H21N5O/c1-11-7-16-15(20-6-4-5-13(10-20)21-3)18-14(11)12-8-17-19(2)9-12/h7-9,13H,4-6,10H2,1-3H3. The predicted molar refractivity (Wildman–Crippen MR) is 81.2 cm³/mol. The van der Waals surface area contributed by atoms with Gasteiger partial charge in [-0.2, -0.15) is 5.10 Å². The van der Waals surface area contributed by atoms with E-state index in [9.17, 15) is 0 Å².